The van der Waals surface area contributed by atoms with Gasteiger partial charge in [0.2, 0.25) is 0 Å². The van der Waals surface area contributed by atoms with E-state index in [2.05, 4.69) is 0 Å². The number of ketones is 1. The van der Waals surface area contributed by atoms with E-state index < -0.39 is 0 Å². The third-order valence-corrected chi connectivity index (χ3v) is 4.33. The standard InChI is InChI=1S/C16H11ClO2S/c1-19-14-7-6-10(17)8-12(14)16(18)13-9-20-15-5-3-2-4-11(13)15/h2-9H,1H3. The lowest BCUT2D eigenvalue weighted by Gasteiger charge is -2.07. The Morgan fingerprint density at radius 2 is 1.95 bits per heavy atom. The molecule has 0 bridgehead atoms. The molecule has 0 unspecified atom stereocenters. The molecule has 0 fully saturated rings. The van der Waals surface area contributed by atoms with Crippen LogP contribution < -0.4 is 4.74 Å². The lowest BCUT2D eigenvalue weighted by molar-refractivity contribution is 0.103. The Bertz CT molecular complexity index is 792. The van der Waals surface area contributed by atoms with Crippen LogP contribution in [0.4, 0.5) is 0 Å². The highest BCUT2D eigenvalue weighted by molar-refractivity contribution is 7.17. The maximum atomic E-state index is 12.7. The Morgan fingerprint density at radius 1 is 1.15 bits per heavy atom. The lowest BCUT2D eigenvalue weighted by Crippen LogP contribution is -2.03. The second-order valence-electron chi connectivity index (χ2n) is 4.32. The summed E-state index contributed by atoms with van der Waals surface area (Å²) >= 11 is 7.55. The molecule has 3 rings (SSSR count). The van der Waals surface area contributed by atoms with Crippen LogP contribution in [0.1, 0.15) is 15.9 Å². The van der Waals surface area contributed by atoms with E-state index in [0.29, 0.717) is 21.9 Å². The molecule has 0 radical (unpaired) electrons. The number of methoxy groups -OCH3 is 1. The molecule has 100 valence electrons. The van der Waals surface area contributed by atoms with Gasteiger partial charge in [0.25, 0.3) is 0 Å². The first kappa shape index (κ1) is 13.2. The largest absolute Gasteiger partial charge is 0.496 e. The third kappa shape index (κ3) is 2.19. The fourth-order valence-electron chi connectivity index (χ4n) is 2.16. The second kappa shape index (κ2) is 5.27. The number of hydrogen-bond donors (Lipinski definition) is 0. The van der Waals surface area contributed by atoms with Crippen molar-refractivity contribution in [3.8, 4) is 5.75 Å². The average molecular weight is 303 g/mol. The van der Waals surface area contributed by atoms with Crippen LogP contribution in [0, 0.1) is 0 Å². The van der Waals surface area contributed by atoms with Crippen molar-refractivity contribution >= 4 is 38.8 Å². The summed E-state index contributed by atoms with van der Waals surface area (Å²) in [5, 5.41) is 3.37. The SMILES string of the molecule is COc1ccc(Cl)cc1C(=O)c1csc2ccccc12. The molecule has 2 nitrogen and oxygen atoms in total. The molecule has 0 saturated heterocycles. The summed E-state index contributed by atoms with van der Waals surface area (Å²) in [7, 11) is 1.55. The van der Waals surface area contributed by atoms with Crippen molar-refractivity contribution < 1.29 is 9.53 Å². The highest BCUT2D eigenvalue weighted by atomic mass is 35.5. The smallest absolute Gasteiger partial charge is 0.198 e. The minimum absolute atomic E-state index is 0.0678. The fraction of sp³-hybridized carbons (Fsp3) is 0.0625. The summed E-state index contributed by atoms with van der Waals surface area (Å²) in [4.78, 5) is 12.7. The van der Waals surface area contributed by atoms with Crippen LogP contribution in [0.5, 0.6) is 5.75 Å². The Hall–Kier alpha value is -1.84. The minimum Gasteiger partial charge on any atom is -0.496 e. The van der Waals surface area contributed by atoms with Gasteiger partial charge in [-0.2, -0.15) is 0 Å². The number of carbonyl (C=O) groups excluding carboxylic acids is 1. The van der Waals surface area contributed by atoms with E-state index in [1.54, 1.807) is 36.6 Å². The normalized spacial score (nSPS) is 10.7. The number of halogens is 1. The van der Waals surface area contributed by atoms with Crippen molar-refractivity contribution in [2.45, 2.75) is 0 Å². The van der Waals surface area contributed by atoms with Crippen LogP contribution in [0.15, 0.2) is 47.8 Å². The molecular weight excluding hydrogens is 292 g/mol. The van der Waals surface area contributed by atoms with Gasteiger partial charge in [-0.1, -0.05) is 29.8 Å². The maximum Gasteiger partial charge on any atom is 0.198 e. The first-order valence-electron chi connectivity index (χ1n) is 6.05. The Labute approximate surface area is 125 Å². The number of hydrogen-bond acceptors (Lipinski definition) is 3. The van der Waals surface area contributed by atoms with Crippen molar-refractivity contribution in [2.75, 3.05) is 7.11 Å². The van der Waals surface area contributed by atoms with E-state index in [1.165, 1.54) is 0 Å². The van der Waals surface area contributed by atoms with E-state index >= 15 is 0 Å². The highest BCUT2D eigenvalue weighted by Crippen LogP contribution is 2.31. The molecule has 2 aromatic carbocycles. The quantitative estimate of drug-likeness (QED) is 0.650. The predicted molar refractivity (Wildman–Crippen MR) is 83.3 cm³/mol. The van der Waals surface area contributed by atoms with Crippen molar-refractivity contribution in [1.82, 2.24) is 0 Å². The first-order chi connectivity index (χ1) is 9.70. The minimum atomic E-state index is -0.0678. The molecule has 0 spiro atoms. The Kier molecular flexibility index (Phi) is 3.47. The summed E-state index contributed by atoms with van der Waals surface area (Å²) in [6.07, 6.45) is 0. The number of ether oxygens (including phenoxy) is 1. The van der Waals surface area contributed by atoms with Crippen LogP contribution in [-0.2, 0) is 0 Å². The fourth-order valence-corrected chi connectivity index (χ4v) is 3.27. The summed E-state index contributed by atoms with van der Waals surface area (Å²) in [5.74, 6) is 0.469. The molecule has 0 aliphatic heterocycles. The van der Waals surface area contributed by atoms with Gasteiger partial charge in [-0.15, -0.1) is 11.3 Å². The zero-order valence-electron chi connectivity index (χ0n) is 10.7. The van der Waals surface area contributed by atoms with Crippen LogP contribution in [-0.4, -0.2) is 12.9 Å². The number of fused-ring (bicyclic) bond motifs is 1. The molecule has 1 aromatic heterocycles. The van der Waals surface area contributed by atoms with Crippen molar-refractivity contribution in [1.29, 1.82) is 0 Å². The molecular formula is C16H11ClO2S. The van der Waals surface area contributed by atoms with E-state index in [4.69, 9.17) is 16.3 Å². The Morgan fingerprint density at radius 3 is 2.75 bits per heavy atom. The van der Waals surface area contributed by atoms with E-state index in [1.807, 2.05) is 29.6 Å². The molecule has 20 heavy (non-hydrogen) atoms. The van der Waals surface area contributed by atoms with Gasteiger partial charge in [0.1, 0.15) is 5.75 Å². The van der Waals surface area contributed by atoms with E-state index in [0.717, 1.165) is 10.1 Å². The summed E-state index contributed by atoms with van der Waals surface area (Å²) in [6, 6.07) is 12.9. The number of thiophene rings is 1. The van der Waals surface area contributed by atoms with Gasteiger partial charge in [-0.3, -0.25) is 4.79 Å². The third-order valence-electron chi connectivity index (χ3n) is 3.13. The first-order valence-corrected chi connectivity index (χ1v) is 7.31. The highest BCUT2D eigenvalue weighted by Gasteiger charge is 2.18. The van der Waals surface area contributed by atoms with E-state index in [9.17, 15) is 4.79 Å². The van der Waals surface area contributed by atoms with Gasteiger partial charge < -0.3 is 4.74 Å². The van der Waals surface area contributed by atoms with Gasteiger partial charge in [-0.25, -0.2) is 0 Å². The predicted octanol–water partition coefficient (Wildman–Crippen LogP) is 4.79. The van der Waals surface area contributed by atoms with Crippen molar-refractivity contribution in [3.63, 3.8) is 0 Å². The molecule has 0 amide bonds. The average Bonchev–Trinajstić information content (AvgIpc) is 2.90. The van der Waals surface area contributed by atoms with Gasteiger partial charge in [0.15, 0.2) is 5.78 Å². The van der Waals surface area contributed by atoms with Crippen molar-refractivity contribution in [3.05, 3.63) is 64.0 Å². The monoisotopic (exact) mass is 302 g/mol. The van der Waals surface area contributed by atoms with Crippen LogP contribution in [0.3, 0.4) is 0 Å². The molecule has 3 aromatic rings. The topological polar surface area (TPSA) is 26.3 Å². The Balaban J connectivity index is 2.15. The lowest BCUT2D eigenvalue weighted by atomic mass is 10.0. The van der Waals surface area contributed by atoms with E-state index in [-0.39, 0.29) is 5.78 Å². The molecule has 0 N–H and O–H groups in total. The zero-order valence-corrected chi connectivity index (χ0v) is 12.3. The number of carbonyl (C=O) groups is 1. The van der Waals surface area contributed by atoms with Gasteiger partial charge in [-0.05, 0) is 24.3 Å². The number of rotatable bonds is 3. The second-order valence-corrected chi connectivity index (χ2v) is 5.67. The summed E-state index contributed by atoms with van der Waals surface area (Å²) in [6.45, 7) is 0. The molecule has 0 atom stereocenters. The zero-order chi connectivity index (χ0) is 14.1. The molecule has 4 heteroatoms. The van der Waals surface area contributed by atoms with Gasteiger partial charge >= 0.3 is 0 Å². The molecule has 0 aliphatic rings. The molecule has 0 saturated carbocycles. The van der Waals surface area contributed by atoms with Crippen LogP contribution >= 0.6 is 22.9 Å². The summed E-state index contributed by atoms with van der Waals surface area (Å²) < 4.78 is 6.35. The summed E-state index contributed by atoms with van der Waals surface area (Å²) in [5.41, 5.74) is 1.18. The van der Waals surface area contributed by atoms with Gasteiger partial charge in [0.05, 0.1) is 12.7 Å². The maximum absolute atomic E-state index is 12.7. The van der Waals surface area contributed by atoms with Gasteiger partial charge in [0, 0.05) is 26.1 Å². The molecule has 0 aliphatic carbocycles. The van der Waals surface area contributed by atoms with Crippen molar-refractivity contribution in [2.24, 2.45) is 0 Å². The number of benzene rings is 2. The molecule has 1 heterocycles. The van der Waals surface area contributed by atoms with Crippen LogP contribution in [0.2, 0.25) is 5.02 Å². The van der Waals surface area contributed by atoms with Crippen LogP contribution in [0.25, 0.3) is 10.1 Å².